The van der Waals surface area contributed by atoms with E-state index in [4.69, 9.17) is 22.1 Å². The van der Waals surface area contributed by atoms with Gasteiger partial charge < -0.3 is 15.8 Å². The molecule has 1 aliphatic heterocycles. The van der Waals surface area contributed by atoms with E-state index in [2.05, 4.69) is 15.3 Å². The number of aromatic nitrogens is 1. The normalized spacial score (nSPS) is 16.7. The first kappa shape index (κ1) is 17.8. The summed E-state index contributed by atoms with van der Waals surface area (Å²) in [5.74, 6) is 1.32. The number of hydrogen-bond donors (Lipinski definition) is 2. The number of nitrogens with zero attached hydrogens (tertiary/aromatic N) is 2. The molecule has 7 heteroatoms. The van der Waals surface area contributed by atoms with Gasteiger partial charge in [0.15, 0.2) is 5.96 Å². The van der Waals surface area contributed by atoms with Crippen LogP contribution in [0.3, 0.4) is 0 Å². The second-order valence-corrected chi connectivity index (χ2v) is 5.45. The minimum absolute atomic E-state index is 0. The molecule has 5 nitrogen and oxygen atoms in total. The van der Waals surface area contributed by atoms with E-state index in [1.807, 2.05) is 30.3 Å². The highest BCUT2D eigenvalue weighted by Crippen LogP contribution is 2.31. The maximum Gasteiger partial charge on any atom is 0.189 e. The third-order valence-corrected chi connectivity index (χ3v) is 3.72. The van der Waals surface area contributed by atoms with Crippen LogP contribution in [0.2, 0.25) is 5.15 Å². The van der Waals surface area contributed by atoms with E-state index in [-0.39, 0.29) is 30.0 Å². The second-order valence-electron chi connectivity index (χ2n) is 5.06. The number of hydrogen-bond acceptors (Lipinski definition) is 3. The quantitative estimate of drug-likeness (QED) is 0.330. The molecule has 23 heavy (non-hydrogen) atoms. The molecular weight excluding hydrogens is 427 g/mol. The van der Waals surface area contributed by atoms with Crippen LogP contribution in [0.15, 0.2) is 47.6 Å². The highest BCUT2D eigenvalue weighted by molar-refractivity contribution is 14.0. The van der Waals surface area contributed by atoms with Crippen LogP contribution < -0.4 is 15.8 Å². The van der Waals surface area contributed by atoms with Crippen molar-refractivity contribution in [2.45, 2.75) is 19.0 Å². The minimum Gasteiger partial charge on any atom is -0.493 e. The third kappa shape index (κ3) is 4.71. The van der Waals surface area contributed by atoms with Crippen LogP contribution in [-0.4, -0.2) is 17.6 Å². The number of rotatable bonds is 3. The molecule has 0 saturated heterocycles. The molecule has 0 radical (unpaired) electrons. The molecule has 2 aromatic rings. The number of nitrogens with two attached hydrogens (primary N) is 1. The Kier molecular flexibility index (Phi) is 6.47. The second kappa shape index (κ2) is 8.35. The van der Waals surface area contributed by atoms with Crippen molar-refractivity contribution in [3.05, 3.63) is 58.9 Å². The van der Waals surface area contributed by atoms with Crippen molar-refractivity contribution in [1.29, 1.82) is 0 Å². The molecule has 2 heterocycles. The Morgan fingerprint density at radius 3 is 2.96 bits per heavy atom. The third-order valence-electron chi connectivity index (χ3n) is 3.50. The van der Waals surface area contributed by atoms with Crippen molar-refractivity contribution in [1.82, 2.24) is 10.3 Å². The highest BCUT2D eigenvalue weighted by atomic mass is 127. The molecule has 0 spiro atoms. The molecule has 3 N–H and O–H groups in total. The first-order valence-electron chi connectivity index (χ1n) is 7.11. The van der Waals surface area contributed by atoms with Gasteiger partial charge in [-0.05, 0) is 17.7 Å². The maximum atomic E-state index is 5.99. The van der Waals surface area contributed by atoms with E-state index in [1.54, 1.807) is 12.3 Å². The number of pyridine rings is 1. The van der Waals surface area contributed by atoms with Crippen molar-refractivity contribution < 1.29 is 4.74 Å². The molecule has 0 amide bonds. The SMILES string of the molecule is I.NC(=NCc1ccc(Cl)nc1)NC1CCOc2ccccc21. The molecule has 1 aliphatic rings. The summed E-state index contributed by atoms with van der Waals surface area (Å²) < 4.78 is 5.63. The summed E-state index contributed by atoms with van der Waals surface area (Å²) in [5.41, 5.74) is 8.06. The van der Waals surface area contributed by atoms with Crippen LogP contribution in [0, 0.1) is 0 Å². The van der Waals surface area contributed by atoms with Crippen molar-refractivity contribution in [3.63, 3.8) is 0 Å². The lowest BCUT2D eigenvalue weighted by molar-refractivity contribution is 0.262. The molecular formula is C16H18ClIN4O. The molecule has 1 unspecified atom stereocenters. The lowest BCUT2D eigenvalue weighted by atomic mass is 10.0. The smallest absolute Gasteiger partial charge is 0.189 e. The van der Waals surface area contributed by atoms with E-state index < -0.39 is 0 Å². The number of para-hydroxylation sites is 1. The van der Waals surface area contributed by atoms with Gasteiger partial charge in [0, 0.05) is 18.2 Å². The van der Waals surface area contributed by atoms with Crippen LogP contribution in [0.4, 0.5) is 0 Å². The van der Waals surface area contributed by atoms with Gasteiger partial charge >= 0.3 is 0 Å². The molecule has 0 fully saturated rings. The molecule has 3 rings (SSSR count). The summed E-state index contributed by atoms with van der Waals surface area (Å²) in [5, 5.41) is 3.73. The predicted octanol–water partition coefficient (Wildman–Crippen LogP) is 3.28. The van der Waals surface area contributed by atoms with Gasteiger partial charge in [0.1, 0.15) is 10.9 Å². The summed E-state index contributed by atoms with van der Waals surface area (Å²) in [7, 11) is 0. The van der Waals surface area contributed by atoms with E-state index in [1.165, 1.54) is 0 Å². The van der Waals surface area contributed by atoms with E-state index in [9.17, 15) is 0 Å². The molecule has 1 atom stereocenters. The summed E-state index contributed by atoms with van der Waals surface area (Å²) in [6.07, 6.45) is 2.55. The standard InChI is InChI=1S/C16H17ClN4O.HI/c17-15-6-5-11(9-19-15)10-20-16(18)21-13-7-8-22-14-4-2-1-3-12(13)14;/h1-6,9,13H,7-8,10H2,(H3,18,20,21);1H. The lowest BCUT2D eigenvalue weighted by Gasteiger charge is -2.26. The maximum absolute atomic E-state index is 5.99. The van der Waals surface area contributed by atoms with Gasteiger partial charge in [-0.25, -0.2) is 9.98 Å². The number of fused-ring (bicyclic) bond motifs is 1. The van der Waals surface area contributed by atoms with Crippen LogP contribution in [0.1, 0.15) is 23.6 Å². The Hall–Kier alpha value is -1.54. The number of ether oxygens (including phenoxy) is 1. The van der Waals surface area contributed by atoms with Crippen molar-refractivity contribution in [3.8, 4) is 5.75 Å². The first-order valence-corrected chi connectivity index (χ1v) is 7.49. The van der Waals surface area contributed by atoms with Crippen LogP contribution >= 0.6 is 35.6 Å². The number of halogens is 2. The Morgan fingerprint density at radius 1 is 1.35 bits per heavy atom. The topological polar surface area (TPSA) is 72.5 Å². The molecule has 0 bridgehead atoms. The van der Waals surface area contributed by atoms with Crippen molar-refractivity contribution in [2.24, 2.45) is 10.7 Å². The fourth-order valence-electron chi connectivity index (χ4n) is 2.39. The Morgan fingerprint density at radius 2 is 2.17 bits per heavy atom. The van der Waals surface area contributed by atoms with Crippen LogP contribution in [0.25, 0.3) is 0 Å². The molecule has 0 aliphatic carbocycles. The summed E-state index contributed by atoms with van der Waals surface area (Å²) in [6, 6.07) is 11.7. The number of benzene rings is 1. The number of nitrogens with one attached hydrogen (secondary N) is 1. The van der Waals surface area contributed by atoms with Gasteiger partial charge in [0.25, 0.3) is 0 Å². The zero-order chi connectivity index (χ0) is 15.4. The molecule has 1 aromatic heterocycles. The van der Waals surface area contributed by atoms with E-state index >= 15 is 0 Å². The monoisotopic (exact) mass is 444 g/mol. The number of aliphatic imine (C=N–C) groups is 1. The molecule has 122 valence electrons. The Labute approximate surface area is 157 Å². The van der Waals surface area contributed by atoms with Crippen molar-refractivity contribution >= 4 is 41.5 Å². The average molecular weight is 445 g/mol. The predicted molar refractivity (Wildman–Crippen MR) is 102 cm³/mol. The van der Waals surface area contributed by atoms with Gasteiger partial charge in [-0.2, -0.15) is 0 Å². The Bertz CT molecular complexity index is 678. The summed E-state index contributed by atoms with van der Waals surface area (Å²) in [6.45, 7) is 1.14. The zero-order valence-corrected chi connectivity index (χ0v) is 15.5. The van der Waals surface area contributed by atoms with Crippen molar-refractivity contribution in [2.75, 3.05) is 6.61 Å². The van der Waals surface area contributed by atoms with Gasteiger partial charge in [-0.1, -0.05) is 35.9 Å². The fraction of sp³-hybridized carbons (Fsp3) is 0.250. The Balaban J connectivity index is 0.00000192. The fourth-order valence-corrected chi connectivity index (χ4v) is 2.50. The average Bonchev–Trinajstić information content (AvgIpc) is 2.55. The largest absolute Gasteiger partial charge is 0.493 e. The van der Waals surface area contributed by atoms with E-state index in [0.29, 0.717) is 24.3 Å². The zero-order valence-electron chi connectivity index (χ0n) is 12.4. The van der Waals surface area contributed by atoms with Crippen LogP contribution in [-0.2, 0) is 6.54 Å². The molecule has 1 aromatic carbocycles. The van der Waals surface area contributed by atoms with Gasteiger partial charge in [0.2, 0.25) is 0 Å². The number of guanidine groups is 1. The lowest BCUT2D eigenvalue weighted by Crippen LogP contribution is -2.37. The highest BCUT2D eigenvalue weighted by Gasteiger charge is 2.21. The molecule has 0 saturated carbocycles. The first-order chi connectivity index (χ1) is 10.7. The minimum atomic E-state index is 0. The van der Waals surface area contributed by atoms with Gasteiger partial charge in [0.05, 0.1) is 19.2 Å². The summed E-state index contributed by atoms with van der Waals surface area (Å²) >= 11 is 5.76. The van der Waals surface area contributed by atoms with Crippen LogP contribution in [0.5, 0.6) is 5.75 Å². The van der Waals surface area contributed by atoms with E-state index in [0.717, 1.165) is 23.3 Å². The van der Waals surface area contributed by atoms with Gasteiger partial charge in [-0.3, -0.25) is 0 Å². The summed E-state index contributed by atoms with van der Waals surface area (Å²) in [4.78, 5) is 8.37. The van der Waals surface area contributed by atoms with Gasteiger partial charge in [-0.15, -0.1) is 24.0 Å².